The van der Waals surface area contributed by atoms with Crippen LogP contribution in [0.3, 0.4) is 0 Å². The summed E-state index contributed by atoms with van der Waals surface area (Å²) in [5, 5.41) is 0. The van der Waals surface area contributed by atoms with E-state index in [2.05, 4.69) is 80.5 Å². The van der Waals surface area contributed by atoms with Gasteiger partial charge in [-0.25, -0.2) is 0 Å². The number of aryl methyl sites for hydroxylation is 1. The molecule has 0 saturated carbocycles. The van der Waals surface area contributed by atoms with E-state index in [0.717, 1.165) is 13.0 Å². The quantitative estimate of drug-likeness (QED) is 0.776. The minimum absolute atomic E-state index is 0.490. The van der Waals surface area contributed by atoms with E-state index in [1.807, 2.05) is 0 Å². The predicted octanol–water partition coefficient (Wildman–Crippen LogP) is 4.08. The monoisotopic (exact) mass is 253 g/mol. The molecule has 0 radical (unpaired) electrons. The standard InChI is InChI=1S/C18H23N/c1-15-9-11-17(12-10-15)18(13-14-19(2)3)16-7-5-4-6-8-16/h4-12,18H,13-14H2,1-3H3/t18-/m0/s1. The molecule has 19 heavy (non-hydrogen) atoms. The molecule has 1 atom stereocenters. The molecule has 0 heterocycles. The number of hydrogen-bond donors (Lipinski definition) is 0. The molecule has 1 nitrogen and oxygen atoms in total. The Kier molecular flexibility index (Phi) is 4.75. The highest BCUT2D eigenvalue weighted by Gasteiger charge is 2.13. The van der Waals surface area contributed by atoms with Gasteiger partial charge >= 0.3 is 0 Å². The van der Waals surface area contributed by atoms with Crippen molar-refractivity contribution in [1.29, 1.82) is 0 Å². The maximum Gasteiger partial charge on any atom is 0.0101 e. The van der Waals surface area contributed by atoms with Gasteiger partial charge in [-0.05, 0) is 45.1 Å². The van der Waals surface area contributed by atoms with Crippen LogP contribution >= 0.6 is 0 Å². The van der Waals surface area contributed by atoms with Crippen LogP contribution in [0.5, 0.6) is 0 Å². The summed E-state index contributed by atoms with van der Waals surface area (Å²) in [5.41, 5.74) is 4.15. The lowest BCUT2D eigenvalue weighted by Crippen LogP contribution is -2.16. The van der Waals surface area contributed by atoms with Gasteiger partial charge in [-0.2, -0.15) is 0 Å². The van der Waals surface area contributed by atoms with Crippen LogP contribution in [0, 0.1) is 6.92 Å². The zero-order valence-electron chi connectivity index (χ0n) is 12.1. The third kappa shape index (κ3) is 3.93. The minimum atomic E-state index is 0.490. The van der Waals surface area contributed by atoms with Gasteiger partial charge < -0.3 is 4.90 Å². The summed E-state index contributed by atoms with van der Waals surface area (Å²) in [6, 6.07) is 19.8. The lowest BCUT2D eigenvalue weighted by molar-refractivity contribution is 0.390. The average molecular weight is 253 g/mol. The Balaban J connectivity index is 2.26. The molecule has 0 fully saturated rings. The third-order valence-electron chi connectivity index (χ3n) is 3.55. The molecule has 2 aromatic rings. The molecule has 0 spiro atoms. The molecule has 0 amide bonds. The molecule has 0 saturated heterocycles. The first-order chi connectivity index (χ1) is 9.16. The lowest BCUT2D eigenvalue weighted by Gasteiger charge is -2.20. The van der Waals surface area contributed by atoms with Crippen LogP contribution in [-0.2, 0) is 0 Å². The summed E-state index contributed by atoms with van der Waals surface area (Å²) < 4.78 is 0. The Morgan fingerprint density at radius 3 is 2.00 bits per heavy atom. The predicted molar refractivity (Wildman–Crippen MR) is 82.6 cm³/mol. The minimum Gasteiger partial charge on any atom is -0.309 e. The number of nitrogens with zero attached hydrogens (tertiary/aromatic N) is 1. The summed E-state index contributed by atoms with van der Waals surface area (Å²) in [4.78, 5) is 2.25. The van der Waals surface area contributed by atoms with Crippen molar-refractivity contribution >= 4 is 0 Å². The maximum atomic E-state index is 2.27. The summed E-state index contributed by atoms with van der Waals surface area (Å²) in [7, 11) is 4.27. The van der Waals surface area contributed by atoms with E-state index in [9.17, 15) is 0 Å². The van der Waals surface area contributed by atoms with Crippen LogP contribution in [0.15, 0.2) is 54.6 Å². The maximum absolute atomic E-state index is 2.27. The number of hydrogen-bond acceptors (Lipinski definition) is 1. The molecule has 0 bridgehead atoms. The van der Waals surface area contributed by atoms with Crippen molar-refractivity contribution in [2.75, 3.05) is 20.6 Å². The van der Waals surface area contributed by atoms with E-state index < -0.39 is 0 Å². The largest absolute Gasteiger partial charge is 0.309 e. The van der Waals surface area contributed by atoms with Gasteiger partial charge in [0.25, 0.3) is 0 Å². The van der Waals surface area contributed by atoms with E-state index in [-0.39, 0.29) is 0 Å². The molecule has 0 N–H and O–H groups in total. The molecule has 0 aliphatic carbocycles. The highest BCUT2D eigenvalue weighted by atomic mass is 15.0. The van der Waals surface area contributed by atoms with Gasteiger partial charge in [0.05, 0.1) is 0 Å². The van der Waals surface area contributed by atoms with Crippen molar-refractivity contribution in [3.05, 3.63) is 71.3 Å². The molecule has 2 rings (SSSR count). The van der Waals surface area contributed by atoms with E-state index >= 15 is 0 Å². The highest BCUT2D eigenvalue weighted by Crippen LogP contribution is 2.28. The zero-order valence-corrected chi connectivity index (χ0v) is 12.1. The van der Waals surface area contributed by atoms with E-state index in [1.165, 1.54) is 16.7 Å². The van der Waals surface area contributed by atoms with Crippen LogP contribution < -0.4 is 0 Å². The fourth-order valence-corrected chi connectivity index (χ4v) is 2.40. The van der Waals surface area contributed by atoms with E-state index in [1.54, 1.807) is 0 Å². The second-order valence-electron chi connectivity index (χ2n) is 5.47. The van der Waals surface area contributed by atoms with Crippen molar-refractivity contribution in [3.8, 4) is 0 Å². The Bertz CT molecular complexity index is 485. The highest BCUT2D eigenvalue weighted by molar-refractivity contribution is 5.33. The van der Waals surface area contributed by atoms with Gasteiger partial charge in [0.15, 0.2) is 0 Å². The second kappa shape index (κ2) is 6.53. The van der Waals surface area contributed by atoms with Gasteiger partial charge in [-0.1, -0.05) is 60.2 Å². The first kappa shape index (κ1) is 13.8. The van der Waals surface area contributed by atoms with Crippen LogP contribution in [0.25, 0.3) is 0 Å². The molecule has 0 aromatic heterocycles. The van der Waals surface area contributed by atoms with Gasteiger partial charge in [0, 0.05) is 5.92 Å². The smallest absolute Gasteiger partial charge is 0.0101 e. The Morgan fingerprint density at radius 2 is 1.42 bits per heavy atom. The Morgan fingerprint density at radius 1 is 0.842 bits per heavy atom. The first-order valence-corrected chi connectivity index (χ1v) is 6.93. The molecule has 0 unspecified atom stereocenters. The fourth-order valence-electron chi connectivity index (χ4n) is 2.40. The topological polar surface area (TPSA) is 3.24 Å². The molecule has 0 aliphatic rings. The molecular weight excluding hydrogens is 230 g/mol. The van der Waals surface area contributed by atoms with Crippen LogP contribution in [-0.4, -0.2) is 25.5 Å². The zero-order chi connectivity index (χ0) is 13.7. The second-order valence-corrected chi connectivity index (χ2v) is 5.47. The molecule has 100 valence electrons. The van der Waals surface area contributed by atoms with Gasteiger partial charge in [0.1, 0.15) is 0 Å². The fraction of sp³-hybridized carbons (Fsp3) is 0.333. The van der Waals surface area contributed by atoms with Crippen molar-refractivity contribution < 1.29 is 0 Å². The normalized spacial score (nSPS) is 12.6. The molecule has 0 aliphatic heterocycles. The van der Waals surface area contributed by atoms with E-state index in [0.29, 0.717) is 5.92 Å². The van der Waals surface area contributed by atoms with Gasteiger partial charge in [-0.15, -0.1) is 0 Å². The number of rotatable bonds is 5. The van der Waals surface area contributed by atoms with E-state index in [4.69, 9.17) is 0 Å². The van der Waals surface area contributed by atoms with Crippen molar-refractivity contribution in [1.82, 2.24) is 4.90 Å². The summed E-state index contributed by atoms with van der Waals surface area (Å²) in [6.07, 6.45) is 1.15. The lowest BCUT2D eigenvalue weighted by atomic mass is 9.88. The average Bonchev–Trinajstić information content (AvgIpc) is 2.42. The van der Waals surface area contributed by atoms with Gasteiger partial charge in [0.2, 0.25) is 0 Å². The molecule has 2 aromatic carbocycles. The van der Waals surface area contributed by atoms with Gasteiger partial charge in [-0.3, -0.25) is 0 Å². The Labute approximate surface area is 116 Å². The van der Waals surface area contributed by atoms with Crippen molar-refractivity contribution in [3.63, 3.8) is 0 Å². The first-order valence-electron chi connectivity index (χ1n) is 6.93. The number of benzene rings is 2. The molecule has 1 heteroatoms. The summed E-state index contributed by atoms with van der Waals surface area (Å²) in [6.45, 7) is 3.24. The van der Waals surface area contributed by atoms with Crippen LogP contribution in [0.4, 0.5) is 0 Å². The Hall–Kier alpha value is -1.60. The molecular formula is C18H23N. The van der Waals surface area contributed by atoms with Crippen LogP contribution in [0.1, 0.15) is 29.0 Å². The van der Waals surface area contributed by atoms with Crippen LogP contribution in [0.2, 0.25) is 0 Å². The van der Waals surface area contributed by atoms with Crippen molar-refractivity contribution in [2.24, 2.45) is 0 Å². The van der Waals surface area contributed by atoms with Crippen molar-refractivity contribution in [2.45, 2.75) is 19.3 Å². The summed E-state index contributed by atoms with van der Waals surface area (Å²) >= 11 is 0. The summed E-state index contributed by atoms with van der Waals surface area (Å²) in [5.74, 6) is 0.490. The third-order valence-corrected chi connectivity index (χ3v) is 3.55. The SMILES string of the molecule is Cc1ccc([C@@H](CCN(C)C)c2ccccc2)cc1.